The maximum absolute atomic E-state index is 13.5. The molecule has 0 aliphatic carbocycles. The summed E-state index contributed by atoms with van der Waals surface area (Å²) >= 11 is 1.50. The maximum Gasteiger partial charge on any atom is 0.243 e. The fraction of sp³-hybridized carbons (Fsp3) is 0.259. The average Bonchev–Trinajstić information content (AvgIpc) is 2.82. The minimum Gasteiger partial charge on any atom is -0.355 e. The zero-order valence-corrected chi connectivity index (χ0v) is 19.5. The van der Waals surface area contributed by atoms with Crippen molar-refractivity contribution in [2.75, 3.05) is 12.3 Å². The van der Waals surface area contributed by atoms with Crippen molar-refractivity contribution in [2.24, 2.45) is 0 Å². The predicted molar refractivity (Wildman–Crippen MR) is 132 cm³/mol. The van der Waals surface area contributed by atoms with Crippen LogP contribution in [0.4, 0.5) is 0 Å². The number of hydrogen-bond acceptors (Lipinski definition) is 3. The van der Waals surface area contributed by atoms with E-state index in [1.54, 1.807) is 4.90 Å². The molecular formula is C27H30N2O2S. The normalized spacial score (nSPS) is 11.6. The zero-order valence-electron chi connectivity index (χ0n) is 18.7. The molecule has 0 fully saturated rings. The molecule has 1 atom stereocenters. The van der Waals surface area contributed by atoms with Crippen LogP contribution in [-0.4, -0.2) is 35.1 Å². The standard InChI is InChI=1S/C27H30N2O2S/c1-3-28-27(31)25(18-22-10-6-4-7-11-22)29(19-23-16-14-21(2)15-17-23)26(30)20-32-24-12-8-5-9-13-24/h4-17,25H,3,18-20H2,1-2H3,(H,28,31). The summed E-state index contributed by atoms with van der Waals surface area (Å²) in [6.45, 7) is 4.85. The van der Waals surface area contributed by atoms with E-state index in [9.17, 15) is 9.59 Å². The van der Waals surface area contributed by atoms with Crippen molar-refractivity contribution >= 4 is 23.6 Å². The van der Waals surface area contributed by atoms with E-state index >= 15 is 0 Å². The van der Waals surface area contributed by atoms with Crippen LogP contribution in [0.25, 0.3) is 0 Å². The summed E-state index contributed by atoms with van der Waals surface area (Å²) in [5.74, 6) is 0.105. The largest absolute Gasteiger partial charge is 0.355 e. The Labute approximate surface area is 195 Å². The van der Waals surface area contributed by atoms with Gasteiger partial charge in [-0.15, -0.1) is 11.8 Å². The monoisotopic (exact) mass is 446 g/mol. The highest BCUT2D eigenvalue weighted by atomic mass is 32.2. The van der Waals surface area contributed by atoms with Gasteiger partial charge in [-0.05, 0) is 37.1 Å². The lowest BCUT2D eigenvalue weighted by atomic mass is 10.0. The lowest BCUT2D eigenvalue weighted by Crippen LogP contribution is -2.51. The van der Waals surface area contributed by atoms with E-state index in [0.717, 1.165) is 21.6 Å². The fourth-order valence-electron chi connectivity index (χ4n) is 3.48. The Bertz CT molecular complexity index is 991. The molecule has 1 unspecified atom stereocenters. The minimum atomic E-state index is -0.581. The summed E-state index contributed by atoms with van der Waals surface area (Å²) in [7, 11) is 0. The molecule has 0 heterocycles. The van der Waals surface area contributed by atoms with E-state index in [-0.39, 0.29) is 17.6 Å². The molecule has 4 nitrogen and oxygen atoms in total. The van der Waals surface area contributed by atoms with E-state index in [0.29, 0.717) is 19.5 Å². The SMILES string of the molecule is CCNC(=O)C(Cc1ccccc1)N(Cc1ccc(C)cc1)C(=O)CSc1ccccc1. The van der Waals surface area contributed by atoms with Gasteiger partial charge in [0.2, 0.25) is 11.8 Å². The zero-order chi connectivity index (χ0) is 22.8. The van der Waals surface area contributed by atoms with Crippen molar-refractivity contribution in [2.45, 2.75) is 37.8 Å². The van der Waals surface area contributed by atoms with Gasteiger partial charge in [0, 0.05) is 24.4 Å². The van der Waals surface area contributed by atoms with Gasteiger partial charge in [-0.3, -0.25) is 9.59 Å². The Hall–Kier alpha value is -3.05. The van der Waals surface area contributed by atoms with Crippen LogP contribution in [0.15, 0.2) is 89.8 Å². The second-order valence-electron chi connectivity index (χ2n) is 7.71. The molecule has 0 saturated carbocycles. The lowest BCUT2D eigenvalue weighted by molar-refractivity contribution is -0.139. The molecule has 3 rings (SSSR count). The summed E-state index contributed by atoms with van der Waals surface area (Å²) in [6, 6.07) is 27.3. The number of nitrogens with zero attached hydrogens (tertiary/aromatic N) is 1. The molecule has 5 heteroatoms. The van der Waals surface area contributed by atoms with Crippen LogP contribution in [0.2, 0.25) is 0 Å². The molecule has 3 aromatic carbocycles. The third-order valence-electron chi connectivity index (χ3n) is 5.20. The van der Waals surface area contributed by atoms with Gasteiger partial charge in [0.25, 0.3) is 0 Å². The Morgan fingerprint density at radius 2 is 1.50 bits per heavy atom. The number of carbonyl (C=O) groups is 2. The number of thioether (sulfide) groups is 1. The van der Waals surface area contributed by atoms with Crippen LogP contribution in [0, 0.1) is 6.92 Å². The van der Waals surface area contributed by atoms with E-state index < -0.39 is 6.04 Å². The lowest BCUT2D eigenvalue weighted by Gasteiger charge is -2.31. The van der Waals surface area contributed by atoms with Crippen molar-refractivity contribution in [3.63, 3.8) is 0 Å². The Kier molecular flexibility index (Phi) is 8.93. The molecule has 0 saturated heterocycles. The van der Waals surface area contributed by atoms with Gasteiger partial charge in [0.15, 0.2) is 0 Å². The van der Waals surface area contributed by atoms with Crippen molar-refractivity contribution in [3.05, 3.63) is 102 Å². The van der Waals surface area contributed by atoms with E-state index in [2.05, 4.69) is 5.32 Å². The van der Waals surface area contributed by atoms with Gasteiger partial charge < -0.3 is 10.2 Å². The van der Waals surface area contributed by atoms with Gasteiger partial charge in [0.05, 0.1) is 5.75 Å². The van der Waals surface area contributed by atoms with Crippen molar-refractivity contribution in [3.8, 4) is 0 Å². The smallest absolute Gasteiger partial charge is 0.243 e. The summed E-state index contributed by atoms with van der Waals surface area (Å²) in [4.78, 5) is 29.3. The summed E-state index contributed by atoms with van der Waals surface area (Å²) in [6.07, 6.45) is 0.472. The van der Waals surface area contributed by atoms with Crippen molar-refractivity contribution < 1.29 is 9.59 Å². The first kappa shape index (κ1) is 23.6. The fourth-order valence-corrected chi connectivity index (χ4v) is 4.29. The highest BCUT2D eigenvalue weighted by Crippen LogP contribution is 2.21. The van der Waals surface area contributed by atoms with Crippen LogP contribution < -0.4 is 5.32 Å². The Morgan fingerprint density at radius 3 is 2.12 bits per heavy atom. The molecule has 3 aromatic rings. The Morgan fingerprint density at radius 1 is 0.875 bits per heavy atom. The third kappa shape index (κ3) is 6.99. The molecule has 0 aliphatic rings. The molecule has 0 spiro atoms. The third-order valence-corrected chi connectivity index (χ3v) is 6.20. The number of likely N-dealkylation sites (N-methyl/N-ethyl adjacent to an activating group) is 1. The van der Waals surface area contributed by atoms with E-state index in [1.165, 1.54) is 11.8 Å². The molecule has 0 aliphatic heterocycles. The van der Waals surface area contributed by atoms with Crippen LogP contribution >= 0.6 is 11.8 Å². The first-order valence-electron chi connectivity index (χ1n) is 10.9. The summed E-state index contributed by atoms with van der Waals surface area (Å²) in [5, 5.41) is 2.93. The first-order valence-corrected chi connectivity index (χ1v) is 11.9. The van der Waals surface area contributed by atoms with Gasteiger partial charge in [-0.2, -0.15) is 0 Å². The quantitative estimate of drug-likeness (QED) is 0.452. The minimum absolute atomic E-state index is 0.0494. The Balaban J connectivity index is 1.87. The second kappa shape index (κ2) is 12.1. The van der Waals surface area contributed by atoms with Crippen LogP contribution in [0.5, 0.6) is 0 Å². The number of carbonyl (C=O) groups excluding carboxylic acids is 2. The molecule has 2 amide bonds. The maximum atomic E-state index is 13.5. The number of aryl methyl sites for hydroxylation is 1. The van der Waals surface area contributed by atoms with Gasteiger partial charge in [-0.25, -0.2) is 0 Å². The topological polar surface area (TPSA) is 49.4 Å². The van der Waals surface area contributed by atoms with E-state index in [4.69, 9.17) is 0 Å². The van der Waals surface area contributed by atoms with Gasteiger partial charge in [-0.1, -0.05) is 78.4 Å². The van der Waals surface area contributed by atoms with Crippen molar-refractivity contribution in [1.82, 2.24) is 10.2 Å². The highest BCUT2D eigenvalue weighted by molar-refractivity contribution is 8.00. The van der Waals surface area contributed by atoms with E-state index in [1.807, 2.05) is 98.8 Å². The summed E-state index contributed by atoms with van der Waals surface area (Å²) < 4.78 is 0. The predicted octanol–water partition coefficient (Wildman–Crippen LogP) is 4.86. The molecule has 0 radical (unpaired) electrons. The van der Waals surface area contributed by atoms with Crippen molar-refractivity contribution in [1.29, 1.82) is 0 Å². The first-order chi connectivity index (χ1) is 15.6. The molecule has 1 N–H and O–H groups in total. The number of amides is 2. The molecule has 0 bridgehead atoms. The second-order valence-corrected chi connectivity index (χ2v) is 8.76. The molecular weight excluding hydrogens is 416 g/mol. The number of hydrogen-bond donors (Lipinski definition) is 1. The molecule has 0 aromatic heterocycles. The number of nitrogens with one attached hydrogen (secondary N) is 1. The van der Waals surface area contributed by atoms with Crippen LogP contribution in [0.3, 0.4) is 0 Å². The molecule has 166 valence electrons. The summed E-state index contributed by atoms with van der Waals surface area (Å²) in [5.41, 5.74) is 3.20. The number of benzene rings is 3. The van der Waals surface area contributed by atoms with Crippen LogP contribution in [-0.2, 0) is 22.6 Å². The van der Waals surface area contributed by atoms with Crippen LogP contribution in [0.1, 0.15) is 23.6 Å². The average molecular weight is 447 g/mol. The highest BCUT2D eigenvalue weighted by Gasteiger charge is 2.30. The molecule has 32 heavy (non-hydrogen) atoms. The number of rotatable bonds is 10. The van der Waals surface area contributed by atoms with Gasteiger partial charge in [0.1, 0.15) is 6.04 Å². The van der Waals surface area contributed by atoms with Gasteiger partial charge >= 0.3 is 0 Å².